The number of amides is 2. The fraction of sp³-hybridized carbons (Fsp3) is 0.656. The highest BCUT2D eigenvalue weighted by Crippen LogP contribution is 2.42. The summed E-state index contributed by atoms with van der Waals surface area (Å²) in [6, 6.07) is -1.15. The molecule has 6 atom stereocenters. The second kappa shape index (κ2) is 17.7. The zero-order valence-corrected chi connectivity index (χ0v) is 31.5. The van der Waals surface area contributed by atoms with Crippen LogP contribution in [0.25, 0.3) is 0 Å². The number of anilines is 1. The number of β-lactam (4-membered cyclic amide) rings is 1. The van der Waals surface area contributed by atoms with Gasteiger partial charge in [0, 0.05) is 63.0 Å². The summed E-state index contributed by atoms with van der Waals surface area (Å²) < 4.78 is 33.2. The molecule has 4 heterocycles. The van der Waals surface area contributed by atoms with E-state index < -0.39 is 54.2 Å². The van der Waals surface area contributed by atoms with Gasteiger partial charge in [-0.2, -0.15) is 14.5 Å². The molecule has 2 saturated heterocycles. The Labute approximate surface area is 318 Å². The number of oxime groups is 1. The van der Waals surface area contributed by atoms with Crippen molar-refractivity contribution in [3.63, 3.8) is 0 Å². The van der Waals surface area contributed by atoms with Gasteiger partial charge in [0.05, 0.1) is 6.21 Å². The van der Waals surface area contributed by atoms with Gasteiger partial charge < -0.3 is 40.3 Å². The van der Waals surface area contributed by atoms with Crippen molar-refractivity contribution in [2.24, 2.45) is 22.1 Å². The molecule has 6 rings (SSSR count). The van der Waals surface area contributed by atoms with E-state index in [1.54, 1.807) is 7.05 Å². The first-order valence-electron chi connectivity index (χ1n) is 17.8. The maximum Gasteiger partial charge on any atom is 0.511 e. The number of nitrogens with two attached hydrogens (primary N) is 1. The number of hydrogen-bond donors (Lipinski definition) is 4. The zero-order valence-electron chi connectivity index (χ0n) is 29.9. The number of nitrogens with zero attached hydrogens (tertiary/aromatic N) is 7. The van der Waals surface area contributed by atoms with Crippen molar-refractivity contribution in [2.75, 3.05) is 51.6 Å². The highest BCUT2D eigenvalue weighted by atomic mass is 32.2. The molecule has 0 radical (unpaired) electrons. The molecule has 3 aliphatic heterocycles. The van der Waals surface area contributed by atoms with Gasteiger partial charge in [0.1, 0.15) is 23.2 Å². The number of carbonyl (C=O) groups excluding carboxylic acids is 4. The largest absolute Gasteiger partial charge is 0.511 e. The third-order valence-electron chi connectivity index (χ3n) is 9.95. The van der Waals surface area contributed by atoms with Crippen molar-refractivity contribution in [1.82, 2.24) is 34.8 Å². The average Bonchev–Trinajstić information content (AvgIpc) is 3.60. The predicted octanol–water partition coefficient (Wildman–Crippen LogP) is 1.58. The van der Waals surface area contributed by atoms with Crippen molar-refractivity contribution in [3.05, 3.63) is 17.1 Å². The molecular formula is C32H44FN11O8S2. The minimum Gasteiger partial charge on any atom is -0.431 e. The molecule has 0 bridgehead atoms. The van der Waals surface area contributed by atoms with E-state index in [1.165, 1.54) is 49.2 Å². The summed E-state index contributed by atoms with van der Waals surface area (Å²) in [4.78, 5) is 64.8. The number of aromatic nitrogens is 2. The maximum atomic E-state index is 13.8. The highest BCUT2D eigenvalue weighted by molar-refractivity contribution is 8.00. The van der Waals surface area contributed by atoms with E-state index in [0.717, 1.165) is 42.1 Å². The number of rotatable bonds is 11. The number of halogens is 1. The van der Waals surface area contributed by atoms with Gasteiger partial charge in [-0.25, -0.2) is 19.0 Å². The monoisotopic (exact) mass is 793 g/mol. The van der Waals surface area contributed by atoms with Gasteiger partial charge in [0.2, 0.25) is 23.8 Å². The number of nitrogens with one attached hydrogen (secondary N) is 3. The molecule has 19 nitrogen and oxygen atoms in total. The maximum absolute atomic E-state index is 13.8. The predicted molar refractivity (Wildman–Crippen MR) is 195 cm³/mol. The van der Waals surface area contributed by atoms with Gasteiger partial charge in [-0.15, -0.1) is 11.8 Å². The summed E-state index contributed by atoms with van der Waals surface area (Å²) in [6.45, 7) is 2.70. The van der Waals surface area contributed by atoms with Crippen LogP contribution in [0.4, 0.5) is 14.3 Å². The molecule has 2 saturated carbocycles. The van der Waals surface area contributed by atoms with Gasteiger partial charge >= 0.3 is 12.1 Å². The van der Waals surface area contributed by atoms with Crippen LogP contribution in [0.2, 0.25) is 0 Å². The summed E-state index contributed by atoms with van der Waals surface area (Å²) >= 11 is 2.01. The Morgan fingerprint density at radius 1 is 1.19 bits per heavy atom. The molecular weight excluding hydrogens is 750 g/mol. The summed E-state index contributed by atoms with van der Waals surface area (Å²) in [7, 11) is 1.59. The molecule has 0 spiro atoms. The Balaban J connectivity index is 1.15. The molecule has 5 aliphatic rings. The van der Waals surface area contributed by atoms with Crippen LogP contribution < -0.4 is 16.4 Å². The standard InChI is InChI=1S/C32H44FN11O8S2/c1-17(51-32(48)52-21-8-7-18-5-3-4-6-19(18)13-21)50-29(47)24-20(14-37-42(2)31(35)43-11-9-36-10-12-43)15-53-28-23(27(46)44(24)28)38-26(45)22(40-49-16-33)25-39-30(34)54-41-25/h14,17-19,21,23,28,35-36H,3-13,15-16H2,1-2H3,(H,38,45)(H2,34,39,41)/b35-31?,37-14+,40-22-. The number of ether oxygens (including phenoxy) is 3. The first kappa shape index (κ1) is 39.1. The van der Waals surface area contributed by atoms with E-state index in [1.807, 2.05) is 4.90 Å². The third kappa shape index (κ3) is 9.03. The van der Waals surface area contributed by atoms with Crippen LogP contribution in [0, 0.1) is 17.2 Å². The highest BCUT2D eigenvalue weighted by Gasteiger charge is 2.55. The molecule has 1 aromatic heterocycles. The molecule has 0 aromatic carbocycles. The molecule has 2 aliphatic carbocycles. The molecule has 6 unspecified atom stereocenters. The average molecular weight is 794 g/mol. The minimum atomic E-state index is -1.38. The fourth-order valence-corrected chi connectivity index (χ4v) is 9.04. The number of guanidine groups is 1. The van der Waals surface area contributed by atoms with E-state index >= 15 is 0 Å². The van der Waals surface area contributed by atoms with E-state index in [9.17, 15) is 23.6 Å². The lowest BCUT2D eigenvalue weighted by atomic mass is 9.70. The van der Waals surface area contributed by atoms with Crippen molar-refractivity contribution in [2.45, 2.75) is 75.7 Å². The Bertz CT molecular complexity index is 1690. The molecule has 5 N–H and O–H groups in total. The normalized spacial score (nSPS) is 26.2. The Kier molecular flexibility index (Phi) is 12.8. The number of hydrazone groups is 1. The molecule has 2 amide bonds. The summed E-state index contributed by atoms with van der Waals surface area (Å²) in [5, 5.41) is 22.8. The van der Waals surface area contributed by atoms with Gasteiger partial charge in [0.15, 0.2) is 5.13 Å². The van der Waals surface area contributed by atoms with Crippen LogP contribution in [-0.2, 0) is 33.4 Å². The molecule has 54 heavy (non-hydrogen) atoms. The first-order chi connectivity index (χ1) is 26.0. The number of esters is 1. The number of alkyl halides is 1. The summed E-state index contributed by atoms with van der Waals surface area (Å²) in [5.74, 6) is -1.35. The van der Waals surface area contributed by atoms with E-state index in [-0.39, 0.29) is 34.5 Å². The summed E-state index contributed by atoms with van der Waals surface area (Å²) in [6.07, 6.45) is 6.04. The third-order valence-corrected chi connectivity index (χ3v) is 11.8. The molecule has 294 valence electrons. The van der Waals surface area contributed by atoms with E-state index in [2.05, 4.69) is 35.1 Å². The number of thioether (sulfide) groups is 1. The lowest BCUT2D eigenvalue weighted by Crippen LogP contribution is -2.71. The Morgan fingerprint density at radius 3 is 2.67 bits per heavy atom. The van der Waals surface area contributed by atoms with Crippen LogP contribution in [0.1, 0.15) is 57.7 Å². The quantitative estimate of drug-likeness (QED) is 0.0621. The lowest BCUT2D eigenvalue weighted by Gasteiger charge is -2.49. The van der Waals surface area contributed by atoms with Gasteiger partial charge in [0.25, 0.3) is 18.7 Å². The van der Waals surface area contributed by atoms with Crippen molar-refractivity contribution in [3.8, 4) is 0 Å². The van der Waals surface area contributed by atoms with E-state index in [4.69, 9.17) is 25.4 Å². The molecule has 1 aromatic rings. The second-order valence-electron chi connectivity index (χ2n) is 13.4. The fourth-order valence-electron chi connectivity index (χ4n) is 7.30. The van der Waals surface area contributed by atoms with Crippen LogP contribution in [-0.4, -0.2) is 136 Å². The van der Waals surface area contributed by atoms with Crippen LogP contribution in [0.3, 0.4) is 0 Å². The van der Waals surface area contributed by atoms with E-state index in [0.29, 0.717) is 43.6 Å². The Morgan fingerprint density at radius 2 is 1.94 bits per heavy atom. The number of fused-ring (bicyclic) bond motifs is 2. The Hall–Kier alpha value is -4.57. The van der Waals surface area contributed by atoms with Crippen LogP contribution in [0.5, 0.6) is 0 Å². The van der Waals surface area contributed by atoms with Crippen molar-refractivity contribution >= 4 is 70.3 Å². The lowest BCUT2D eigenvalue weighted by molar-refractivity contribution is -0.170. The van der Waals surface area contributed by atoms with Gasteiger partial charge in [-0.05, 0) is 31.1 Å². The molecule has 4 fully saturated rings. The minimum absolute atomic E-state index is 0.0220. The van der Waals surface area contributed by atoms with Crippen LogP contribution >= 0.6 is 23.3 Å². The van der Waals surface area contributed by atoms with Crippen molar-refractivity contribution in [1.29, 1.82) is 5.41 Å². The smallest absolute Gasteiger partial charge is 0.431 e. The van der Waals surface area contributed by atoms with Gasteiger partial charge in [-0.3, -0.25) is 19.9 Å². The number of carbonyl (C=O) groups is 4. The first-order valence-corrected chi connectivity index (χ1v) is 19.6. The topological polar surface area (TPSA) is 239 Å². The SMILES string of the molecule is CC(OC(=O)OC1CCC2CCCCC2C1)OC(=O)C1=C(/C=N/N(C)C(=N)N2CCNCC2)CSC2C(NC(=O)/C(=N\OCF)c3nsc(N)n3)C(=O)N12. The summed E-state index contributed by atoms with van der Waals surface area (Å²) in [5.41, 5.74) is 5.25. The number of nitrogen functional groups attached to an aromatic ring is 1. The van der Waals surface area contributed by atoms with Crippen LogP contribution in [0.15, 0.2) is 21.5 Å². The molecule has 22 heteroatoms. The number of piperazine rings is 1. The van der Waals surface area contributed by atoms with Gasteiger partial charge in [-0.1, -0.05) is 30.8 Å². The second-order valence-corrected chi connectivity index (χ2v) is 15.3. The number of hydrogen-bond acceptors (Lipinski definition) is 17. The zero-order chi connectivity index (χ0) is 38.4. The van der Waals surface area contributed by atoms with Crippen molar-refractivity contribution < 1.29 is 42.6 Å².